The fourth-order valence-corrected chi connectivity index (χ4v) is 3.05. The van der Waals surface area contributed by atoms with E-state index in [2.05, 4.69) is 0 Å². The molecule has 25 heavy (non-hydrogen) atoms. The van der Waals surface area contributed by atoms with E-state index in [1.807, 2.05) is 43.3 Å². The minimum absolute atomic E-state index is 0.105. The lowest BCUT2D eigenvalue weighted by Gasteiger charge is -2.22. The minimum Gasteiger partial charge on any atom is -0.469 e. The molecule has 1 aliphatic heterocycles. The second-order valence-corrected chi connectivity index (χ2v) is 6.47. The van der Waals surface area contributed by atoms with E-state index in [0.717, 1.165) is 0 Å². The van der Waals surface area contributed by atoms with Gasteiger partial charge in [0.1, 0.15) is 11.5 Å². The fraction of sp³-hybridized carbons (Fsp3) is 0.300. The summed E-state index contributed by atoms with van der Waals surface area (Å²) in [4.78, 5) is 26.4. The van der Waals surface area contributed by atoms with E-state index in [0.29, 0.717) is 36.6 Å². The molecule has 0 aromatic heterocycles. The van der Waals surface area contributed by atoms with Crippen LogP contribution in [0.15, 0.2) is 54.6 Å². The molecular weight excluding hydrogens is 318 g/mol. The van der Waals surface area contributed by atoms with Crippen LogP contribution in [-0.2, 0) is 9.53 Å². The summed E-state index contributed by atoms with van der Waals surface area (Å²) in [6.45, 7) is 2.73. The first-order chi connectivity index (χ1) is 12.0. The molecule has 1 aliphatic rings. The first-order valence-corrected chi connectivity index (χ1v) is 8.22. The Morgan fingerprint density at radius 2 is 1.76 bits per heavy atom. The van der Waals surface area contributed by atoms with Gasteiger partial charge in [-0.25, -0.2) is 0 Å². The third-order valence-corrected chi connectivity index (χ3v) is 4.50. The average molecular weight is 339 g/mol. The number of amides is 1. The first-order valence-electron chi connectivity index (χ1n) is 8.22. The summed E-state index contributed by atoms with van der Waals surface area (Å²) in [6, 6.07) is 16.5. The zero-order chi connectivity index (χ0) is 17.9. The van der Waals surface area contributed by atoms with Crippen LogP contribution in [-0.4, -0.2) is 37.0 Å². The molecule has 130 valence electrons. The van der Waals surface area contributed by atoms with Crippen molar-refractivity contribution in [1.29, 1.82) is 0 Å². The van der Waals surface area contributed by atoms with Crippen molar-refractivity contribution >= 4 is 11.9 Å². The normalized spacial score (nSPS) is 19.5. The highest BCUT2D eigenvalue weighted by Gasteiger charge is 2.43. The number of hydrogen-bond donors (Lipinski definition) is 0. The van der Waals surface area contributed by atoms with Gasteiger partial charge in [-0.2, -0.15) is 0 Å². The summed E-state index contributed by atoms with van der Waals surface area (Å²) < 4.78 is 10.6. The van der Waals surface area contributed by atoms with Gasteiger partial charge in [0.15, 0.2) is 0 Å². The van der Waals surface area contributed by atoms with Crippen LogP contribution in [0.1, 0.15) is 23.7 Å². The Bertz CT molecular complexity index is 774. The number of methoxy groups -OCH3 is 1. The summed E-state index contributed by atoms with van der Waals surface area (Å²) in [6.07, 6.45) is 0.603. The number of benzene rings is 2. The van der Waals surface area contributed by atoms with Crippen LogP contribution in [0.25, 0.3) is 0 Å². The topological polar surface area (TPSA) is 55.8 Å². The zero-order valence-electron chi connectivity index (χ0n) is 14.4. The molecule has 0 N–H and O–H groups in total. The van der Waals surface area contributed by atoms with E-state index < -0.39 is 5.41 Å². The van der Waals surface area contributed by atoms with Crippen LogP contribution >= 0.6 is 0 Å². The average Bonchev–Trinajstić information content (AvgIpc) is 3.05. The highest BCUT2D eigenvalue weighted by molar-refractivity contribution is 5.95. The van der Waals surface area contributed by atoms with Gasteiger partial charge in [-0.05, 0) is 43.7 Å². The quantitative estimate of drug-likeness (QED) is 0.800. The van der Waals surface area contributed by atoms with Gasteiger partial charge in [-0.3, -0.25) is 9.59 Å². The van der Waals surface area contributed by atoms with Gasteiger partial charge in [-0.1, -0.05) is 24.3 Å². The number of rotatable bonds is 4. The maximum Gasteiger partial charge on any atom is 0.313 e. The molecule has 1 saturated heterocycles. The van der Waals surface area contributed by atoms with Gasteiger partial charge in [-0.15, -0.1) is 0 Å². The Kier molecular flexibility index (Phi) is 4.74. The number of carbonyl (C=O) groups excluding carboxylic acids is 2. The number of para-hydroxylation sites is 1. The summed E-state index contributed by atoms with van der Waals surface area (Å²) in [7, 11) is 1.38. The number of hydrogen-bond acceptors (Lipinski definition) is 4. The predicted octanol–water partition coefficient (Wildman–Crippen LogP) is 3.50. The Balaban J connectivity index is 1.73. The van der Waals surface area contributed by atoms with Crippen molar-refractivity contribution in [2.45, 2.75) is 13.3 Å². The Morgan fingerprint density at radius 1 is 1.04 bits per heavy atom. The Morgan fingerprint density at radius 3 is 2.48 bits per heavy atom. The Hall–Kier alpha value is -2.82. The molecular formula is C20H21NO4. The van der Waals surface area contributed by atoms with E-state index in [1.165, 1.54) is 7.11 Å². The molecule has 5 heteroatoms. The van der Waals surface area contributed by atoms with E-state index in [-0.39, 0.29) is 11.9 Å². The van der Waals surface area contributed by atoms with Crippen LogP contribution in [0.2, 0.25) is 0 Å². The monoisotopic (exact) mass is 339 g/mol. The van der Waals surface area contributed by atoms with Crippen LogP contribution in [0.3, 0.4) is 0 Å². The van der Waals surface area contributed by atoms with E-state index in [1.54, 1.807) is 23.1 Å². The van der Waals surface area contributed by atoms with Gasteiger partial charge in [0.2, 0.25) is 0 Å². The van der Waals surface area contributed by atoms with E-state index in [9.17, 15) is 9.59 Å². The molecule has 1 fully saturated rings. The predicted molar refractivity (Wildman–Crippen MR) is 93.6 cm³/mol. The SMILES string of the molecule is COC(=O)C1(C)CCN(C(=O)c2cccc(Oc3ccccc3)c2)C1. The zero-order valence-corrected chi connectivity index (χ0v) is 14.4. The van der Waals surface area contributed by atoms with Crippen LogP contribution in [0, 0.1) is 5.41 Å². The molecule has 0 spiro atoms. The van der Waals surface area contributed by atoms with Gasteiger partial charge in [0, 0.05) is 18.7 Å². The van der Waals surface area contributed by atoms with E-state index >= 15 is 0 Å². The van der Waals surface area contributed by atoms with Crippen molar-refractivity contribution in [3.63, 3.8) is 0 Å². The van der Waals surface area contributed by atoms with Gasteiger partial charge in [0.25, 0.3) is 5.91 Å². The molecule has 5 nitrogen and oxygen atoms in total. The fourth-order valence-electron chi connectivity index (χ4n) is 3.05. The smallest absolute Gasteiger partial charge is 0.313 e. The van der Waals surface area contributed by atoms with Crippen molar-refractivity contribution < 1.29 is 19.1 Å². The highest BCUT2D eigenvalue weighted by atomic mass is 16.5. The molecule has 1 unspecified atom stereocenters. The molecule has 1 amide bonds. The number of nitrogens with zero attached hydrogens (tertiary/aromatic N) is 1. The lowest BCUT2D eigenvalue weighted by molar-refractivity contribution is -0.150. The van der Waals surface area contributed by atoms with Crippen LogP contribution in [0.5, 0.6) is 11.5 Å². The molecule has 0 bridgehead atoms. The van der Waals surface area contributed by atoms with Crippen molar-refractivity contribution in [3.05, 3.63) is 60.2 Å². The van der Waals surface area contributed by atoms with Gasteiger partial charge >= 0.3 is 5.97 Å². The third-order valence-electron chi connectivity index (χ3n) is 4.50. The van der Waals surface area contributed by atoms with Crippen molar-refractivity contribution in [2.24, 2.45) is 5.41 Å². The lowest BCUT2D eigenvalue weighted by atomic mass is 9.90. The molecule has 2 aromatic carbocycles. The maximum absolute atomic E-state index is 12.8. The highest BCUT2D eigenvalue weighted by Crippen LogP contribution is 2.32. The number of esters is 1. The van der Waals surface area contributed by atoms with Crippen LogP contribution in [0.4, 0.5) is 0 Å². The summed E-state index contributed by atoms with van der Waals surface area (Å²) in [5.41, 5.74) is -0.0923. The number of carbonyl (C=O) groups is 2. The largest absolute Gasteiger partial charge is 0.469 e. The molecule has 1 atom stereocenters. The summed E-state index contributed by atoms with van der Waals surface area (Å²) in [5, 5.41) is 0. The molecule has 0 saturated carbocycles. The van der Waals surface area contributed by atoms with Crippen molar-refractivity contribution in [2.75, 3.05) is 20.2 Å². The third kappa shape index (κ3) is 3.65. The molecule has 3 rings (SSSR count). The van der Waals surface area contributed by atoms with Crippen LogP contribution < -0.4 is 4.74 Å². The lowest BCUT2D eigenvalue weighted by Crippen LogP contribution is -2.35. The van der Waals surface area contributed by atoms with Gasteiger partial charge < -0.3 is 14.4 Å². The summed E-state index contributed by atoms with van der Waals surface area (Å²) in [5.74, 6) is 0.939. The standard InChI is InChI=1S/C20H21NO4/c1-20(19(23)24-2)11-12-21(14-20)18(22)15-7-6-10-17(13-15)25-16-8-4-3-5-9-16/h3-10,13H,11-12,14H2,1-2H3. The maximum atomic E-state index is 12.8. The Labute approximate surface area is 147 Å². The molecule has 2 aromatic rings. The number of likely N-dealkylation sites (tertiary alicyclic amines) is 1. The molecule has 1 heterocycles. The van der Waals surface area contributed by atoms with Crippen molar-refractivity contribution in [3.8, 4) is 11.5 Å². The minimum atomic E-state index is -0.636. The molecule has 0 radical (unpaired) electrons. The second kappa shape index (κ2) is 6.97. The molecule has 0 aliphatic carbocycles. The van der Waals surface area contributed by atoms with Crippen molar-refractivity contribution in [1.82, 2.24) is 4.90 Å². The first kappa shape index (κ1) is 17.0. The van der Waals surface area contributed by atoms with E-state index in [4.69, 9.17) is 9.47 Å². The van der Waals surface area contributed by atoms with Gasteiger partial charge in [0.05, 0.1) is 12.5 Å². The number of ether oxygens (including phenoxy) is 2. The second-order valence-electron chi connectivity index (χ2n) is 6.47. The summed E-state index contributed by atoms with van der Waals surface area (Å²) >= 11 is 0.